The minimum Gasteiger partial charge on any atom is -0.390 e. The molecule has 1 aliphatic rings. The van der Waals surface area contributed by atoms with E-state index in [0.29, 0.717) is 6.54 Å². The molecule has 0 bridgehead atoms. The van der Waals surface area contributed by atoms with Gasteiger partial charge in [-0.1, -0.05) is 6.08 Å². The molecule has 3 nitrogen and oxygen atoms in total. The number of aliphatic hydroxyl groups excluding tert-OH is 2. The number of piperidine rings is 1. The van der Waals surface area contributed by atoms with E-state index in [1.165, 1.54) is 0 Å². The second kappa shape index (κ2) is 4.82. The first kappa shape index (κ1) is 11.6. The van der Waals surface area contributed by atoms with Crippen LogP contribution in [0.2, 0.25) is 0 Å². The quantitative estimate of drug-likeness (QED) is 0.645. The highest BCUT2D eigenvalue weighted by atomic mass is 19.3. The second-order valence-electron chi connectivity index (χ2n) is 3.56. The Balaban J connectivity index is 2.61. The minimum absolute atomic E-state index is 0.0991. The standard InChI is InChI=1S/C9H15F2NO2/c1-2-3-12-4-6(9(10)11)8(14)7(13)5-12/h2,6-9,13-14H,1,3-5H2/t6-,7+,8+/m0/s1. The molecule has 0 radical (unpaired) electrons. The second-order valence-corrected chi connectivity index (χ2v) is 3.56. The van der Waals surface area contributed by atoms with Crippen molar-refractivity contribution >= 4 is 0 Å². The van der Waals surface area contributed by atoms with E-state index < -0.39 is 24.6 Å². The Hall–Kier alpha value is -0.520. The zero-order chi connectivity index (χ0) is 10.7. The Morgan fingerprint density at radius 2 is 2.07 bits per heavy atom. The molecule has 1 fully saturated rings. The third kappa shape index (κ3) is 2.50. The molecule has 0 aromatic carbocycles. The van der Waals surface area contributed by atoms with E-state index in [1.54, 1.807) is 11.0 Å². The van der Waals surface area contributed by atoms with Crippen LogP contribution in [-0.2, 0) is 0 Å². The van der Waals surface area contributed by atoms with Crippen LogP contribution in [0.5, 0.6) is 0 Å². The average molecular weight is 207 g/mol. The first-order valence-electron chi connectivity index (χ1n) is 4.53. The lowest BCUT2D eigenvalue weighted by Crippen LogP contribution is -2.54. The van der Waals surface area contributed by atoms with Crippen molar-refractivity contribution < 1.29 is 19.0 Å². The largest absolute Gasteiger partial charge is 0.390 e. The van der Waals surface area contributed by atoms with Crippen LogP contribution >= 0.6 is 0 Å². The molecule has 3 atom stereocenters. The van der Waals surface area contributed by atoms with E-state index in [-0.39, 0.29) is 13.1 Å². The monoisotopic (exact) mass is 207 g/mol. The predicted octanol–water partition coefficient (Wildman–Crippen LogP) is 0.0911. The Morgan fingerprint density at radius 1 is 1.43 bits per heavy atom. The third-order valence-electron chi connectivity index (χ3n) is 2.46. The molecule has 1 aliphatic heterocycles. The van der Waals surface area contributed by atoms with Gasteiger partial charge in [0.25, 0.3) is 0 Å². The van der Waals surface area contributed by atoms with Gasteiger partial charge in [0.05, 0.1) is 18.1 Å². The van der Waals surface area contributed by atoms with Gasteiger partial charge in [-0.3, -0.25) is 4.90 Å². The molecular formula is C9H15F2NO2. The summed E-state index contributed by atoms with van der Waals surface area (Å²) in [5.41, 5.74) is 0. The van der Waals surface area contributed by atoms with Crippen LogP contribution in [0.4, 0.5) is 8.78 Å². The molecule has 1 saturated heterocycles. The van der Waals surface area contributed by atoms with Crippen LogP contribution in [0.1, 0.15) is 0 Å². The van der Waals surface area contributed by atoms with E-state index in [0.717, 1.165) is 0 Å². The summed E-state index contributed by atoms with van der Waals surface area (Å²) >= 11 is 0. The first-order chi connectivity index (χ1) is 6.56. The number of nitrogens with zero attached hydrogens (tertiary/aromatic N) is 1. The minimum atomic E-state index is -2.60. The zero-order valence-electron chi connectivity index (χ0n) is 7.81. The predicted molar refractivity (Wildman–Crippen MR) is 48.1 cm³/mol. The number of rotatable bonds is 3. The lowest BCUT2D eigenvalue weighted by molar-refractivity contribution is -0.114. The maximum atomic E-state index is 12.4. The molecule has 0 aromatic heterocycles. The van der Waals surface area contributed by atoms with Crippen molar-refractivity contribution in [1.29, 1.82) is 0 Å². The van der Waals surface area contributed by atoms with Gasteiger partial charge < -0.3 is 10.2 Å². The highest BCUT2D eigenvalue weighted by Gasteiger charge is 2.39. The summed E-state index contributed by atoms with van der Waals surface area (Å²) in [7, 11) is 0. The number of likely N-dealkylation sites (tertiary alicyclic amines) is 1. The van der Waals surface area contributed by atoms with E-state index >= 15 is 0 Å². The van der Waals surface area contributed by atoms with Gasteiger partial charge in [-0.05, 0) is 0 Å². The number of β-amino-alcohol motifs (C(OH)–C–C–N with tert-alkyl or cyclic N) is 1. The summed E-state index contributed by atoms with van der Waals surface area (Å²) in [4.78, 5) is 1.65. The molecule has 0 aliphatic carbocycles. The first-order valence-corrected chi connectivity index (χ1v) is 4.53. The highest BCUT2D eigenvalue weighted by molar-refractivity contribution is 4.89. The molecule has 2 N–H and O–H groups in total. The third-order valence-corrected chi connectivity index (χ3v) is 2.46. The van der Waals surface area contributed by atoms with E-state index in [9.17, 15) is 19.0 Å². The summed E-state index contributed by atoms with van der Waals surface area (Å²) in [5.74, 6) is -1.17. The van der Waals surface area contributed by atoms with Crippen LogP contribution in [0.25, 0.3) is 0 Å². The Bertz CT molecular complexity index is 201. The SMILES string of the molecule is C=CCN1C[C@@H](O)[C@H](O)[C@@H](C(F)F)C1. The van der Waals surface area contributed by atoms with Gasteiger partial charge in [-0.2, -0.15) is 0 Å². The van der Waals surface area contributed by atoms with Gasteiger partial charge in [-0.25, -0.2) is 8.78 Å². The molecule has 1 rings (SSSR count). The van der Waals surface area contributed by atoms with Crippen LogP contribution in [0.3, 0.4) is 0 Å². The van der Waals surface area contributed by atoms with Crippen LogP contribution < -0.4 is 0 Å². The van der Waals surface area contributed by atoms with Crippen molar-refractivity contribution in [3.8, 4) is 0 Å². The van der Waals surface area contributed by atoms with Gasteiger partial charge in [0, 0.05) is 19.6 Å². The fraction of sp³-hybridized carbons (Fsp3) is 0.778. The molecule has 0 aromatic rings. The molecule has 0 amide bonds. The fourth-order valence-electron chi connectivity index (χ4n) is 1.70. The Morgan fingerprint density at radius 3 is 2.57 bits per heavy atom. The number of aliphatic hydroxyl groups is 2. The van der Waals surface area contributed by atoms with Crippen molar-refractivity contribution in [3.63, 3.8) is 0 Å². The van der Waals surface area contributed by atoms with E-state index in [1.807, 2.05) is 0 Å². The molecular weight excluding hydrogens is 192 g/mol. The van der Waals surface area contributed by atoms with Crippen LogP contribution in [0, 0.1) is 5.92 Å². The van der Waals surface area contributed by atoms with Crippen molar-refractivity contribution in [1.82, 2.24) is 4.90 Å². The normalized spacial score (nSPS) is 34.8. The van der Waals surface area contributed by atoms with Crippen LogP contribution in [0.15, 0.2) is 12.7 Å². The van der Waals surface area contributed by atoms with Gasteiger partial charge in [0.15, 0.2) is 0 Å². The molecule has 0 unspecified atom stereocenters. The highest BCUT2D eigenvalue weighted by Crippen LogP contribution is 2.23. The summed E-state index contributed by atoms with van der Waals surface area (Å²) in [6, 6.07) is 0. The molecule has 0 spiro atoms. The van der Waals surface area contributed by atoms with Crippen molar-refractivity contribution in [3.05, 3.63) is 12.7 Å². The zero-order valence-corrected chi connectivity index (χ0v) is 7.81. The number of alkyl halides is 2. The van der Waals surface area contributed by atoms with Crippen molar-refractivity contribution in [2.24, 2.45) is 5.92 Å². The summed E-state index contributed by atoms with van der Waals surface area (Å²) in [5, 5.41) is 18.6. The Labute approximate surface area is 81.6 Å². The summed E-state index contributed by atoms with van der Waals surface area (Å²) in [6.45, 7) is 4.26. The smallest absolute Gasteiger partial charge is 0.245 e. The molecule has 5 heteroatoms. The van der Waals surface area contributed by atoms with Crippen LogP contribution in [-0.4, -0.2) is 53.4 Å². The van der Waals surface area contributed by atoms with Gasteiger partial charge >= 0.3 is 0 Å². The van der Waals surface area contributed by atoms with Gasteiger partial charge in [0.2, 0.25) is 6.43 Å². The van der Waals surface area contributed by atoms with Crippen molar-refractivity contribution in [2.45, 2.75) is 18.6 Å². The van der Waals surface area contributed by atoms with E-state index in [4.69, 9.17) is 0 Å². The molecule has 14 heavy (non-hydrogen) atoms. The summed E-state index contributed by atoms with van der Waals surface area (Å²) in [6.07, 6.45) is -3.43. The summed E-state index contributed by atoms with van der Waals surface area (Å²) < 4.78 is 24.9. The lowest BCUT2D eigenvalue weighted by atomic mass is 9.93. The Kier molecular flexibility index (Phi) is 3.97. The number of halogens is 2. The van der Waals surface area contributed by atoms with E-state index in [2.05, 4.69) is 6.58 Å². The van der Waals surface area contributed by atoms with Gasteiger partial charge in [-0.15, -0.1) is 6.58 Å². The lowest BCUT2D eigenvalue weighted by Gasteiger charge is -2.38. The molecule has 1 heterocycles. The number of hydrogen-bond donors (Lipinski definition) is 2. The average Bonchev–Trinajstić information content (AvgIpc) is 2.11. The van der Waals surface area contributed by atoms with Gasteiger partial charge in [0.1, 0.15) is 0 Å². The fourth-order valence-corrected chi connectivity index (χ4v) is 1.70. The number of hydrogen-bond acceptors (Lipinski definition) is 3. The molecule has 82 valence electrons. The molecule has 0 saturated carbocycles. The maximum Gasteiger partial charge on any atom is 0.245 e. The maximum absolute atomic E-state index is 12.4. The van der Waals surface area contributed by atoms with Crippen molar-refractivity contribution in [2.75, 3.05) is 19.6 Å². The topological polar surface area (TPSA) is 43.7 Å².